The predicted molar refractivity (Wildman–Crippen MR) is 102 cm³/mol. The maximum absolute atomic E-state index is 11.8. The fourth-order valence-electron chi connectivity index (χ4n) is 3.23. The van der Waals surface area contributed by atoms with Crippen LogP contribution in [0, 0.1) is 5.21 Å². The highest BCUT2D eigenvalue weighted by atomic mass is 16.5. The zero-order valence-corrected chi connectivity index (χ0v) is 16.4. The van der Waals surface area contributed by atoms with Gasteiger partial charge >= 0.3 is 5.97 Å². The van der Waals surface area contributed by atoms with Gasteiger partial charge in [-0.05, 0) is 6.42 Å². The number of aliphatic carboxylic acids is 1. The summed E-state index contributed by atoms with van der Waals surface area (Å²) in [6.45, 7) is 2.26. The molecule has 144 valence electrons. The lowest BCUT2D eigenvalue weighted by molar-refractivity contribution is -0.858. The molecule has 0 aliphatic carbocycles. The van der Waals surface area contributed by atoms with Gasteiger partial charge in [-0.1, -0.05) is 90.4 Å². The van der Waals surface area contributed by atoms with Crippen LogP contribution >= 0.6 is 0 Å². The normalized spacial score (nSPS) is 13.2. The molecule has 24 heavy (non-hydrogen) atoms. The monoisotopic (exact) mass is 343 g/mol. The fraction of sp³-hybridized carbons (Fsp3) is 0.950. The summed E-state index contributed by atoms with van der Waals surface area (Å²) < 4.78 is -0.728. The number of carboxylic acid groups (broad SMARTS) is 1. The van der Waals surface area contributed by atoms with Crippen LogP contribution in [0.5, 0.6) is 0 Å². The predicted octanol–water partition coefficient (Wildman–Crippen LogP) is 5.89. The molecule has 0 aliphatic heterocycles. The highest BCUT2D eigenvalue weighted by molar-refractivity contribution is 5.72. The van der Waals surface area contributed by atoms with Gasteiger partial charge in [0.15, 0.2) is 6.04 Å². The van der Waals surface area contributed by atoms with E-state index >= 15 is 0 Å². The number of quaternary nitrogens is 1. The molecule has 0 spiro atoms. The molecule has 0 saturated heterocycles. The Hall–Kier alpha value is -0.610. The second-order valence-electron chi connectivity index (χ2n) is 7.67. The first-order valence-electron chi connectivity index (χ1n) is 10.2. The SMILES string of the molecule is CCCCCCCCCCCCCCCCC(C(=O)O)[N+](C)(C)[O-]. The minimum atomic E-state index is -0.968. The van der Waals surface area contributed by atoms with E-state index in [2.05, 4.69) is 6.92 Å². The molecule has 1 atom stereocenters. The van der Waals surface area contributed by atoms with E-state index in [-0.39, 0.29) is 0 Å². The summed E-state index contributed by atoms with van der Waals surface area (Å²) in [5.41, 5.74) is 0. The number of hydrogen-bond acceptors (Lipinski definition) is 2. The van der Waals surface area contributed by atoms with Gasteiger partial charge in [0.2, 0.25) is 0 Å². The molecule has 0 heterocycles. The maximum Gasteiger partial charge on any atom is 0.362 e. The lowest BCUT2D eigenvalue weighted by atomic mass is 10.0. The molecule has 0 bridgehead atoms. The van der Waals surface area contributed by atoms with Gasteiger partial charge in [0.25, 0.3) is 0 Å². The molecule has 0 aliphatic rings. The van der Waals surface area contributed by atoms with E-state index < -0.39 is 16.7 Å². The fourth-order valence-corrected chi connectivity index (χ4v) is 3.23. The number of likely N-dealkylation sites (N-methyl/N-ethyl adjacent to an activating group) is 1. The van der Waals surface area contributed by atoms with Crippen LogP contribution in [0.3, 0.4) is 0 Å². The first-order valence-corrected chi connectivity index (χ1v) is 10.2. The van der Waals surface area contributed by atoms with Gasteiger partial charge in [-0.25, -0.2) is 4.79 Å². The first-order chi connectivity index (χ1) is 11.4. The molecule has 1 unspecified atom stereocenters. The summed E-state index contributed by atoms with van der Waals surface area (Å²) in [7, 11) is 2.84. The van der Waals surface area contributed by atoms with Gasteiger partial charge in [-0.3, -0.25) is 0 Å². The Bertz CT molecular complexity index is 300. The Morgan fingerprint density at radius 3 is 1.42 bits per heavy atom. The van der Waals surface area contributed by atoms with Crippen molar-refractivity contribution in [2.24, 2.45) is 0 Å². The van der Waals surface area contributed by atoms with Crippen molar-refractivity contribution in [1.82, 2.24) is 0 Å². The summed E-state index contributed by atoms with van der Waals surface area (Å²) in [6.07, 6.45) is 18.5. The van der Waals surface area contributed by atoms with Crippen molar-refractivity contribution in [1.29, 1.82) is 0 Å². The topological polar surface area (TPSA) is 60.4 Å². The highest BCUT2D eigenvalue weighted by Gasteiger charge is 2.27. The van der Waals surface area contributed by atoms with Crippen LogP contribution in [0.25, 0.3) is 0 Å². The largest absolute Gasteiger partial charge is 0.633 e. The van der Waals surface area contributed by atoms with E-state index in [4.69, 9.17) is 5.11 Å². The van der Waals surface area contributed by atoms with Crippen molar-refractivity contribution in [3.63, 3.8) is 0 Å². The van der Waals surface area contributed by atoms with Crippen molar-refractivity contribution in [2.45, 2.75) is 109 Å². The summed E-state index contributed by atoms with van der Waals surface area (Å²) in [5.74, 6) is -0.968. The number of hydroxylamine groups is 3. The van der Waals surface area contributed by atoms with Gasteiger partial charge in [-0.2, -0.15) is 0 Å². The van der Waals surface area contributed by atoms with Crippen LogP contribution in [0.1, 0.15) is 103 Å². The van der Waals surface area contributed by atoms with Crippen LogP contribution in [0.4, 0.5) is 0 Å². The van der Waals surface area contributed by atoms with Crippen LogP contribution in [0.15, 0.2) is 0 Å². The summed E-state index contributed by atoms with van der Waals surface area (Å²) in [6, 6.07) is -0.817. The molecular formula is C20H41NO3. The van der Waals surface area contributed by atoms with E-state index in [1.807, 2.05) is 0 Å². The maximum atomic E-state index is 11.8. The lowest BCUT2D eigenvalue weighted by Gasteiger charge is -2.39. The Labute approximate surface area is 149 Å². The molecular weight excluding hydrogens is 302 g/mol. The minimum absolute atomic E-state index is 0.490. The van der Waals surface area contributed by atoms with Gasteiger partial charge in [0.1, 0.15) is 0 Å². The zero-order chi connectivity index (χ0) is 18.3. The number of hydrogen-bond donors (Lipinski definition) is 1. The van der Waals surface area contributed by atoms with Gasteiger partial charge in [0.05, 0.1) is 14.1 Å². The third-order valence-corrected chi connectivity index (χ3v) is 4.87. The standard InChI is InChI=1S/C20H41NO3/c1-4-5-6-7-8-9-10-11-12-13-14-15-16-17-18-19(20(22)23)21(2,3)24/h19H,4-18H2,1-3H3,(H,22,23). The van der Waals surface area contributed by atoms with Crippen molar-refractivity contribution < 1.29 is 14.5 Å². The van der Waals surface area contributed by atoms with Crippen LogP contribution in [-0.4, -0.2) is 35.9 Å². The first kappa shape index (κ1) is 23.4. The second-order valence-corrected chi connectivity index (χ2v) is 7.67. The van der Waals surface area contributed by atoms with Crippen molar-refractivity contribution in [2.75, 3.05) is 14.1 Å². The molecule has 0 aromatic heterocycles. The molecule has 0 radical (unpaired) electrons. The van der Waals surface area contributed by atoms with Crippen LogP contribution in [0.2, 0.25) is 0 Å². The third kappa shape index (κ3) is 13.8. The number of carbonyl (C=O) groups is 1. The van der Waals surface area contributed by atoms with E-state index in [1.165, 1.54) is 84.7 Å². The molecule has 1 N–H and O–H groups in total. The van der Waals surface area contributed by atoms with Gasteiger partial charge in [0, 0.05) is 6.42 Å². The molecule has 0 aromatic carbocycles. The Balaban J connectivity index is 3.35. The smallest absolute Gasteiger partial charge is 0.362 e. The minimum Gasteiger partial charge on any atom is -0.633 e. The highest BCUT2D eigenvalue weighted by Crippen LogP contribution is 2.16. The van der Waals surface area contributed by atoms with Gasteiger partial charge in [-0.15, -0.1) is 0 Å². The van der Waals surface area contributed by atoms with Crippen LogP contribution < -0.4 is 0 Å². The zero-order valence-electron chi connectivity index (χ0n) is 16.4. The average molecular weight is 344 g/mol. The van der Waals surface area contributed by atoms with E-state index in [0.29, 0.717) is 6.42 Å². The second kappa shape index (κ2) is 14.7. The number of carboxylic acids is 1. The number of unbranched alkanes of at least 4 members (excludes halogenated alkanes) is 13. The lowest BCUT2D eigenvalue weighted by Crippen LogP contribution is -2.48. The van der Waals surface area contributed by atoms with Crippen molar-refractivity contribution in [3.8, 4) is 0 Å². The molecule has 4 heteroatoms. The molecule has 4 nitrogen and oxygen atoms in total. The van der Waals surface area contributed by atoms with E-state index in [1.54, 1.807) is 0 Å². The van der Waals surface area contributed by atoms with E-state index in [9.17, 15) is 10.0 Å². The molecule has 0 amide bonds. The van der Waals surface area contributed by atoms with Crippen LogP contribution in [-0.2, 0) is 4.79 Å². The van der Waals surface area contributed by atoms with Crippen molar-refractivity contribution >= 4 is 5.97 Å². The summed E-state index contributed by atoms with van der Waals surface area (Å²) in [4.78, 5) is 11.1. The quantitative estimate of drug-likeness (QED) is 0.204. The Morgan fingerprint density at radius 2 is 1.12 bits per heavy atom. The third-order valence-electron chi connectivity index (χ3n) is 4.87. The average Bonchev–Trinajstić information content (AvgIpc) is 2.49. The molecule has 0 aromatic rings. The molecule has 0 rings (SSSR count). The summed E-state index contributed by atoms with van der Waals surface area (Å²) >= 11 is 0. The van der Waals surface area contributed by atoms with Gasteiger partial charge < -0.3 is 15.0 Å². The molecule has 0 saturated carbocycles. The van der Waals surface area contributed by atoms with Crippen molar-refractivity contribution in [3.05, 3.63) is 5.21 Å². The molecule has 0 fully saturated rings. The number of nitrogens with zero attached hydrogens (tertiary/aromatic N) is 1. The van der Waals surface area contributed by atoms with E-state index in [0.717, 1.165) is 19.3 Å². The Morgan fingerprint density at radius 1 is 0.792 bits per heavy atom. The number of rotatable bonds is 17. The Kier molecular flexibility index (Phi) is 14.3. The summed E-state index contributed by atoms with van der Waals surface area (Å²) in [5, 5.41) is 20.9.